The van der Waals surface area contributed by atoms with E-state index in [-0.39, 0.29) is 0 Å². The summed E-state index contributed by atoms with van der Waals surface area (Å²) in [5.74, 6) is 0.446. The van der Waals surface area contributed by atoms with Crippen molar-refractivity contribution in [2.75, 3.05) is 7.11 Å². The summed E-state index contributed by atoms with van der Waals surface area (Å²) in [6.07, 6.45) is 4.21. The first-order chi connectivity index (χ1) is 9.67. The summed E-state index contributed by atoms with van der Waals surface area (Å²) in [5, 5.41) is 9.32. The standard InChI is InChI=1S/C14H13NO4S/c1-18-10-3-2-4-11(7-10)19-9-13-15-8-12(20-13)5-6-14(16)17/h2-8H,9H2,1H3,(H,16,17)/b6-5+. The number of carboxylic acid groups (broad SMARTS) is 1. The van der Waals surface area contributed by atoms with Crippen LogP contribution in [0.4, 0.5) is 0 Å². The summed E-state index contributed by atoms with van der Waals surface area (Å²) in [6, 6.07) is 7.31. The Kier molecular flexibility index (Phi) is 4.73. The van der Waals surface area contributed by atoms with E-state index in [9.17, 15) is 4.79 Å². The van der Waals surface area contributed by atoms with Gasteiger partial charge in [-0.15, -0.1) is 11.3 Å². The number of carboxylic acids is 1. The smallest absolute Gasteiger partial charge is 0.328 e. The predicted molar refractivity (Wildman–Crippen MR) is 76.1 cm³/mol. The highest BCUT2D eigenvalue weighted by molar-refractivity contribution is 7.12. The Balaban J connectivity index is 1.95. The van der Waals surface area contributed by atoms with Crippen LogP contribution in [-0.2, 0) is 11.4 Å². The molecule has 0 atom stereocenters. The molecule has 20 heavy (non-hydrogen) atoms. The molecule has 104 valence electrons. The van der Waals surface area contributed by atoms with Crippen molar-refractivity contribution in [3.05, 3.63) is 46.4 Å². The topological polar surface area (TPSA) is 68.7 Å². The van der Waals surface area contributed by atoms with Gasteiger partial charge in [0.2, 0.25) is 0 Å². The summed E-state index contributed by atoms with van der Waals surface area (Å²) < 4.78 is 10.7. The predicted octanol–water partition coefficient (Wildman–Crippen LogP) is 2.83. The lowest BCUT2D eigenvalue weighted by atomic mass is 10.3. The molecule has 0 fully saturated rings. The third kappa shape index (κ3) is 4.10. The van der Waals surface area contributed by atoms with Crippen LogP contribution in [0.1, 0.15) is 9.88 Å². The fourth-order valence-corrected chi connectivity index (χ4v) is 2.19. The maximum atomic E-state index is 10.4. The van der Waals surface area contributed by atoms with E-state index in [1.165, 1.54) is 17.4 Å². The summed E-state index contributed by atoms with van der Waals surface area (Å²) in [6.45, 7) is 0.332. The number of thiazole rings is 1. The van der Waals surface area contributed by atoms with Gasteiger partial charge in [-0.2, -0.15) is 0 Å². The van der Waals surface area contributed by atoms with Crippen molar-refractivity contribution in [2.45, 2.75) is 6.61 Å². The fourth-order valence-electron chi connectivity index (χ4n) is 1.46. The zero-order valence-electron chi connectivity index (χ0n) is 10.8. The summed E-state index contributed by atoms with van der Waals surface area (Å²) in [4.78, 5) is 15.4. The van der Waals surface area contributed by atoms with E-state index in [0.29, 0.717) is 12.4 Å². The van der Waals surface area contributed by atoms with Crippen LogP contribution in [0.15, 0.2) is 36.5 Å². The van der Waals surface area contributed by atoms with E-state index in [0.717, 1.165) is 21.7 Å². The molecule has 0 saturated heterocycles. The van der Waals surface area contributed by atoms with Crippen LogP contribution in [0.2, 0.25) is 0 Å². The van der Waals surface area contributed by atoms with Crippen molar-refractivity contribution in [1.29, 1.82) is 0 Å². The van der Waals surface area contributed by atoms with Crippen LogP contribution in [0.5, 0.6) is 11.5 Å². The number of benzene rings is 1. The van der Waals surface area contributed by atoms with Crippen LogP contribution >= 0.6 is 11.3 Å². The molecule has 0 aliphatic heterocycles. The lowest BCUT2D eigenvalue weighted by Crippen LogP contribution is -1.94. The normalized spacial score (nSPS) is 10.7. The number of aliphatic carboxylic acids is 1. The molecule has 0 spiro atoms. The summed E-state index contributed by atoms with van der Waals surface area (Å²) in [5.41, 5.74) is 0. The molecule has 0 saturated carbocycles. The number of carbonyl (C=O) groups is 1. The second kappa shape index (κ2) is 6.72. The number of hydrogen-bond acceptors (Lipinski definition) is 5. The Labute approximate surface area is 120 Å². The van der Waals surface area contributed by atoms with Gasteiger partial charge in [0, 0.05) is 23.2 Å². The Morgan fingerprint density at radius 2 is 2.25 bits per heavy atom. The van der Waals surface area contributed by atoms with Gasteiger partial charge in [0.25, 0.3) is 0 Å². The van der Waals surface area contributed by atoms with Gasteiger partial charge in [0.05, 0.1) is 7.11 Å². The molecule has 6 heteroatoms. The largest absolute Gasteiger partial charge is 0.497 e. The Hall–Kier alpha value is -2.34. The van der Waals surface area contributed by atoms with Crippen LogP contribution in [-0.4, -0.2) is 23.2 Å². The Bertz CT molecular complexity index is 621. The number of nitrogens with zero attached hydrogens (tertiary/aromatic N) is 1. The minimum absolute atomic E-state index is 0.332. The molecule has 0 bridgehead atoms. The number of hydrogen-bond donors (Lipinski definition) is 1. The van der Waals surface area contributed by atoms with Crippen molar-refractivity contribution < 1.29 is 19.4 Å². The second-order valence-electron chi connectivity index (χ2n) is 3.80. The zero-order valence-corrected chi connectivity index (χ0v) is 11.6. The van der Waals surface area contributed by atoms with E-state index in [1.54, 1.807) is 19.4 Å². The van der Waals surface area contributed by atoms with Gasteiger partial charge in [-0.3, -0.25) is 0 Å². The van der Waals surface area contributed by atoms with Gasteiger partial charge in [0.15, 0.2) is 0 Å². The lowest BCUT2D eigenvalue weighted by molar-refractivity contribution is -0.131. The minimum Gasteiger partial charge on any atom is -0.497 e. The molecule has 1 aromatic heterocycles. The molecule has 0 aliphatic rings. The molecule has 1 heterocycles. The van der Waals surface area contributed by atoms with Crippen LogP contribution in [0.25, 0.3) is 6.08 Å². The van der Waals surface area contributed by atoms with E-state index in [4.69, 9.17) is 14.6 Å². The quantitative estimate of drug-likeness (QED) is 0.829. The van der Waals surface area contributed by atoms with Gasteiger partial charge < -0.3 is 14.6 Å². The summed E-state index contributed by atoms with van der Waals surface area (Å²) >= 11 is 1.39. The minimum atomic E-state index is -0.979. The highest BCUT2D eigenvalue weighted by Gasteiger charge is 2.02. The Morgan fingerprint density at radius 1 is 1.45 bits per heavy atom. The van der Waals surface area contributed by atoms with Crippen LogP contribution in [0.3, 0.4) is 0 Å². The Morgan fingerprint density at radius 3 is 3.00 bits per heavy atom. The van der Waals surface area contributed by atoms with E-state index >= 15 is 0 Å². The maximum Gasteiger partial charge on any atom is 0.328 e. The average molecular weight is 291 g/mol. The first-order valence-electron chi connectivity index (χ1n) is 5.80. The number of aromatic nitrogens is 1. The van der Waals surface area contributed by atoms with Crippen molar-refractivity contribution in [2.24, 2.45) is 0 Å². The van der Waals surface area contributed by atoms with Crippen molar-refractivity contribution >= 4 is 23.4 Å². The fraction of sp³-hybridized carbons (Fsp3) is 0.143. The average Bonchev–Trinajstić information content (AvgIpc) is 2.91. The van der Waals surface area contributed by atoms with E-state index < -0.39 is 5.97 Å². The van der Waals surface area contributed by atoms with E-state index in [2.05, 4.69) is 4.98 Å². The van der Waals surface area contributed by atoms with Gasteiger partial charge in [0.1, 0.15) is 23.1 Å². The molecular weight excluding hydrogens is 278 g/mol. The summed E-state index contributed by atoms with van der Waals surface area (Å²) in [7, 11) is 1.60. The molecule has 0 amide bonds. The van der Waals surface area contributed by atoms with Gasteiger partial charge in [-0.1, -0.05) is 6.07 Å². The van der Waals surface area contributed by atoms with E-state index in [1.807, 2.05) is 18.2 Å². The van der Waals surface area contributed by atoms with Gasteiger partial charge in [-0.25, -0.2) is 9.78 Å². The van der Waals surface area contributed by atoms with Crippen LogP contribution in [0, 0.1) is 0 Å². The second-order valence-corrected chi connectivity index (χ2v) is 4.94. The SMILES string of the molecule is COc1cccc(OCc2ncc(/C=C/C(=O)O)s2)c1. The van der Waals surface area contributed by atoms with Crippen molar-refractivity contribution in [3.8, 4) is 11.5 Å². The molecule has 1 N–H and O–H groups in total. The van der Waals surface area contributed by atoms with Crippen LogP contribution < -0.4 is 9.47 Å². The number of rotatable bonds is 6. The van der Waals surface area contributed by atoms with Gasteiger partial charge in [-0.05, 0) is 18.2 Å². The number of ether oxygens (including phenoxy) is 2. The highest BCUT2D eigenvalue weighted by atomic mass is 32.1. The molecule has 0 unspecified atom stereocenters. The highest BCUT2D eigenvalue weighted by Crippen LogP contribution is 2.21. The zero-order chi connectivity index (χ0) is 14.4. The molecule has 0 aliphatic carbocycles. The van der Waals surface area contributed by atoms with Gasteiger partial charge >= 0.3 is 5.97 Å². The number of methoxy groups -OCH3 is 1. The molecule has 2 rings (SSSR count). The first-order valence-corrected chi connectivity index (χ1v) is 6.61. The lowest BCUT2D eigenvalue weighted by Gasteiger charge is -2.05. The first kappa shape index (κ1) is 14.1. The molecule has 0 radical (unpaired) electrons. The molecule has 1 aromatic carbocycles. The monoisotopic (exact) mass is 291 g/mol. The third-order valence-corrected chi connectivity index (χ3v) is 3.30. The third-order valence-electron chi connectivity index (χ3n) is 2.37. The molecule has 2 aromatic rings. The van der Waals surface area contributed by atoms with Crippen molar-refractivity contribution in [3.63, 3.8) is 0 Å². The van der Waals surface area contributed by atoms with Crippen molar-refractivity contribution in [1.82, 2.24) is 4.98 Å². The molecular formula is C14H13NO4S. The maximum absolute atomic E-state index is 10.4. The molecule has 5 nitrogen and oxygen atoms in total.